The number of allylic oxidation sites excluding steroid dienone is 1. The predicted octanol–water partition coefficient (Wildman–Crippen LogP) is 6.19. The maximum Gasteiger partial charge on any atom is 0.0947 e. The number of rotatable bonds is 11. The molecule has 0 saturated carbocycles. The van der Waals surface area contributed by atoms with Gasteiger partial charge in [-0.1, -0.05) is 58.6 Å². The lowest BCUT2D eigenvalue weighted by Gasteiger charge is -2.25. The maximum absolute atomic E-state index is 9.04. The number of hydrogen-bond donors (Lipinski definition) is 0. The Kier molecular flexibility index (Phi) is 9.87. The lowest BCUT2D eigenvalue weighted by atomic mass is 10.1. The number of nitriles is 1. The van der Waals surface area contributed by atoms with E-state index in [0.717, 1.165) is 30.6 Å². The summed E-state index contributed by atoms with van der Waals surface area (Å²) < 4.78 is 0. The Hall–Kier alpha value is -1.75. The fourth-order valence-electron chi connectivity index (χ4n) is 2.67. The van der Waals surface area contributed by atoms with Gasteiger partial charge in [0.25, 0.3) is 0 Å². The summed E-state index contributed by atoms with van der Waals surface area (Å²) in [6.45, 7) is 8.81. The number of anilines is 1. The quantitative estimate of drug-likeness (QED) is 0.360. The van der Waals surface area contributed by atoms with Gasteiger partial charge in [0.05, 0.1) is 6.07 Å². The van der Waals surface area contributed by atoms with E-state index in [1.807, 2.05) is 13.0 Å². The van der Waals surface area contributed by atoms with E-state index in [-0.39, 0.29) is 0 Å². The minimum Gasteiger partial charge on any atom is -0.372 e. The molecule has 0 amide bonds. The molecule has 2 heteroatoms. The molecule has 0 atom stereocenters. The zero-order chi connectivity index (χ0) is 16.9. The summed E-state index contributed by atoms with van der Waals surface area (Å²) in [5.74, 6) is 0. The molecule has 0 aliphatic rings. The van der Waals surface area contributed by atoms with Crippen molar-refractivity contribution >= 4 is 11.8 Å². The van der Waals surface area contributed by atoms with Crippen LogP contribution in [0.1, 0.15) is 71.3 Å². The molecule has 1 rings (SSSR count). The number of unbranched alkanes of at least 4 members (excludes halogenated alkanes) is 4. The first-order valence-electron chi connectivity index (χ1n) is 9.20. The topological polar surface area (TPSA) is 27.0 Å². The van der Waals surface area contributed by atoms with Gasteiger partial charge in [-0.15, -0.1) is 0 Å². The van der Waals surface area contributed by atoms with E-state index in [1.54, 1.807) is 0 Å². The second-order valence-corrected chi connectivity index (χ2v) is 6.13. The highest BCUT2D eigenvalue weighted by molar-refractivity contribution is 5.60. The normalized spacial score (nSPS) is 11.3. The summed E-state index contributed by atoms with van der Waals surface area (Å²) in [5, 5.41) is 9.04. The zero-order valence-electron chi connectivity index (χ0n) is 15.1. The minimum atomic E-state index is 0.790. The summed E-state index contributed by atoms with van der Waals surface area (Å²) >= 11 is 0. The molecule has 1 aromatic carbocycles. The van der Waals surface area contributed by atoms with E-state index < -0.39 is 0 Å². The summed E-state index contributed by atoms with van der Waals surface area (Å²) in [4.78, 5) is 2.52. The molecule has 0 aliphatic carbocycles. The van der Waals surface area contributed by atoms with Crippen LogP contribution in [0.2, 0.25) is 0 Å². The molecule has 0 aliphatic heterocycles. The summed E-state index contributed by atoms with van der Waals surface area (Å²) in [6, 6.07) is 10.9. The number of nitrogens with zero attached hydrogens (tertiary/aromatic N) is 2. The SMILES string of the molecule is CCCCCN(CCCCC)c1ccc(C=C(C#N)CC)cc1. The summed E-state index contributed by atoms with van der Waals surface area (Å²) in [5.41, 5.74) is 3.26. The molecule has 23 heavy (non-hydrogen) atoms. The average Bonchev–Trinajstić information content (AvgIpc) is 2.59. The Morgan fingerprint density at radius 1 is 0.957 bits per heavy atom. The lowest BCUT2D eigenvalue weighted by molar-refractivity contribution is 0.636. The molecule has 1 aromatic rings. The molecule has 0 saturated heterocycles. The predicted molar refractivity (Wildman–Crippen MR) is 102 cm³/mol. The Labute approximate surface area is 142 Å². The third kappa shape index (κ3) is 7.37. The molecule has 0 heterocycles. The van der Waals surface area contributed by atoms with Crippen LogP contribution < -0.4 is 4.90 Å². The number of benzene rings is 1. The van der Waals surface area contributed by atoms with Crippen LogP contribution in [0.15, 0.2) is 29.8 Å². The van der Waals surface area contributed by atoms with Gasteiger partial charge in [0.1, 0.15) is 0 Å². The van der Waals surface area contributed by atoms with Crippen molar-refractivity contribution in [1.29, 1.82) is 5.26 Å². The standard InChI is InChI=1S/C21H32N2/c1-4-7-9-15-23(16-10-8-5-2)21-13-11-20(12-14-21)17-19(6-3)18-22/h11-14,17H,4-10,15-16H2,1-3H3. The summed E-state index contributed by atoms with van der Waals surface area (Å²) in [6.07, 6.45) is 10.4. The molecule has 0 unspecified atom stereocenters. The fourth-order valence-corrected chi connectivity index (χ4v) is 2.67. The van der Waals surface area contributed by atoms with E-state index in [4.69, 9.17) is 5.26 Å². The van der Waals surface area contributed by atoms with Crippen LogP contribution >= 0.6 is 0 Å². The van der Waals surface area contributed by atoms with Gasteiger partial charge in [-0.2, -0.15) is 5.26 Å². The second-order valence-electron chi connectivity index (χ2n) is 6.13. The maximum atomic E-state index is 9.04. The second kappa shape index (κ2) is 11.8. The Balaban J connectivity index is 2.76. The van der Waals surface area contributed by atoms with Crippen molar-refractivity contribution in [3.05, 3.63) is 35.4 Å². The van der Waals surface area contributed by atoms with E-state index in [2.05, 4.69) is 49.1 Å². The van der Waals surface area contributed by atoms with Gasteiger partial charge in [0, 0.05) is 24.4 Å². The van der Waals surface area contributed by atoms with Gasteiger partial charge in [0.15, 0.2) is 0 Å². The Bertz CT molecular complexity index is 484. The van der Waals surface area contributed by atoms with Crippen LogP contribution in [-0.2, 0) is 0 Å². The highest BCUT2D eigenvalue weighted by Crippen LogP contribution is 2.19. The zero-order valence-corrected chi connectivity index (χ0v) is 15.1. The third-order valence-electron chi connectivity index (χ3n) is 4.19. The van der Waals surface area contributed by atoms with E-state index in [9.17, 15) is 0 Å². The van der Waals surface area contributed by atoms with E-state index in [1.165, 1.54) is 44.2 Å². The van der Waals surface area contributed by atoms with Gasteiger partial charge in [-0.3, -0.25) is 0 Å². The minimum absolute atomic E-state index is 0.790. The van der Waals surface area contributed by atoms with Crippen LogP contribution in [0.3, 0.4) is 0 Å². The van der Waals surface area contributed by atoms with Crippen molar-refractivity contribution < 1.29 is 0 Å². The highest BCUT2D eigenvalue weighted by atomic mass is 15.1. The van der Waals surface area contributed by atoms with Gasteiger partial charge in [-0.05, 0) is 43.0 Å². The van der Waals surface area contributed by atoms with Crippen molar-refractivity contribution in [1.82, 2.24) is 0 Å². The first kappa shape index (κ1) is 19.3. The fraction of sp³-hybridized carbons (Fsp3) is 0.571. The van der Waals surface area contributed by atoms with Crippen LogP contribution in [0.4, 0.5) is 5.69 Å². The Morgan fingerprint density at radius 3 is 1.96 bits per heavy atom. The van der Waals surface area contributed by atoms with Crippen molar-refractivity contribution in [2.45, 2.75) is 65.7 Å². The molecule has 126 valence electrons. The molecule has 0 N–H and O–H groups in total. The first-order valence-corrected chi connectivity index (χ1v) is 9.20. The molecular weight excluding hydrogens is 280 g/mol. The molecule has 0 spiro atoms. The molecular formula is C21H32N2. The van der Waals surface area contributed by atoms with Crippen molar-refractivity contribution in [3.8, 4) is 6.07 Å². The van der Waals surface area contributed by atoms with Gasteiger partial charge < -0.3 is 4.90 Å². The van der Waals surface area contributed by atoms with Crippen molar-refractivity contribution in [2.75, 3.05) is 18.0 Å². The van der Waals surface area contributed by atoms with E-state index >= 15 is 0 Å². The van der Waals surface area contributed by atoms with Crippen LogP contribution in [0.25, 0.3) is 6.08 Å². The van der Waals surface area contributed by atoms with Crippen molar-refractivity contribution in [3.63, 3.8) is 0 Å². The summed E-state index contributed by atoms with van der Waals surface area (Å²) in [7, 11) is 0. The smallest absolute Gasteiger partial charge is 0.0947 e. The first-order chi connectivity index (χ1) is 11.2. The largest absolute Gasteiger partial charge is 0.372 e. The molecule has 0 radical (unpaired) electrons. The van der Waals surface area contributed by atoms with Crippen LogP contribution in [0, 0.1) is 11.3 Å². The van der Waals surface area contributed by atoms with Gasteiger partial charge in [-0.25, -0.2) is 0 Å². The highest BCUT2D eigenvalue weighted by Gasteiger charge is 2.06. The molecule has 0 aromatic heterocycles. The number of hydrogen-bond acceptors (Lipinski definition) is 2. The lowest BCUT2D eigenvalue weighted by Crippen LogP contribution is -2.25. The van der Waals surface area contributed by atoms with Crippen LogP contribution in [0.5, 0.6) is 0 Å². The van der Waals surface area contributed by atoms with Gasteiger partial charge >= 0.3 is 0 Å². The molecule has 0 fully saturated rings. The molecule has 0 bridgehead atoms. The Morgan fingerprint density at radius 2 is 1.52 bits per heavy atom. The molecule has 2 nitrogen and oxygen atoms in total. The average molecular weight is 313 g/mol. The third-order valence-corrected chi connectivity index (χ3v) is 4.19. The van der Waals surface area contributed by atoms with Crippen molar-refractivity contribution in [2.24, 2.45) is 0 Å². The van der Waals surface area contributed by atoms with Gasteiger partial charge in [0.2, 0.25) is 0 Å². The van der Waals surface area contributed by atoms with E-state index in [0.29, 0.717) is 0 Å². The monoisotopic (exact) mass is 312 g/mol. The van der Waals surface area contributed by atoms with Crippen LogP contribution in [-0.4, -0.2) is 13.1 Å².